The Labute approximate surface area is 132 Å². The molecule has 1 rings (SSSR count). The number of halogens is 1. The molecule has 1 amide bonds. The number of rotatable bonds is 8. The zero-order valence-electron chi connectivity index (χ0n) is 13.2. The first-order valence-electron chi connectivity index (χ1n) is 7.33. The molecule has 0 saturated carbocycles. The van der Waals surface area contributed by atoms with Gasteiger partial charge >= 0.3 is 0 Å². The average molecular weight is 313 g/mol. The van der Waals surface area contributed by atoms with Crippen molar-refractivity contribution in [2.45, 2.75) is 33.2 Å². The van der Waals surface area contributed by atoms with E-state index in [0.29, 0.717) is 29.0 Å². The molecular formula is C15H25ClN4O. The molecule has 0 spiro atoms. The van der Waals surface area contributed by atoms with E-state index < -0.39 is 0 Å². The van der Waals surface area contributed by atoms with Gasteiger partial charge in [-0.1, -0.05) is 18.5 Å². The van der Waals surface area contributed by atoms with Gasteiger partial charge in [0.1, 0.15) is 5.82 Å². The van der Waals surface area contributed by atoms with Crippen molar-refractivity contribution in [1.29, 1.82) is 0 Å². The van der Waals surface area contributed by atoms with Crippen LogP contribution in [0.3, 0.4) is 0 Å². The molecule has 1 aromatic rings. The maximum Gasteiger partial charge on any atom is 0.252 e. The van der Waals surface area contributed by atoms with E-state index in [9.17, 15) is 4.79 Å². The first-order valence-corrected chi connectivity index (χ1v) is 7.71. The molecule has 0 radical (unpaired) electrons. The molecule has 0 aliphatic heterocycles. The van der Waals surface area contributed by atoms with Gasteiger partial charge in [-0.25, -0.2) is 4.98 Å². The van der Waals surface area contributed by atoms with Gasteiger partial charge in [-0.05, 0) is 33.4 Å². The number of aromatic nitrogens is 1. The van der Waals surface area contributed by atoms with Gasteiger partial charge < -0.3 is 15.5 Å². The molecule has 1 heterocycles. The highest BCUT2D eigenvalue weighted by Gasteiger charge is 2.10. The molecule has 0 bridgehead atoms. The molecule has 0 unspecified atom stereocenters. The van der Waals surface area contributed by atoms with Crippen molar-refractivity contribution >= 4 is 23.3 Å². The van der Waals surface area contributed by atoms with E-state index >= 15 is 0 Å². The normalized spacial score (nSPS) is 11.0. The lowest BCUT2D eigenvalue weighted by Crippen LogP contribution is -2.36. The van der Waals surface area contributed by atoms with Gasteiger partial charge in [-0.3, -0.25) is 4.79 Å². The zero-order chi connectivity index (χ0) is 15.8. The van der Waals surface area contributed by atoms with E-state index in [-0.39, 0.29) is 5.91 Å². The Hall–Kier alpha value is -1.33. The summed E-state index contributed by atoms with van der Waals surface area (Å²) >= 11 is 6.12. The summed E-state index contributed by atoms with van der Waals surface area (Å²) < 4.78 is 0. The Bertz CT molecular complexity index is 465. The summed E-state index contributed by atoms with van der Waals surface area (Å²) in [6, 6.07) is 2.11. The molecule has 0 aromatic carbocycles. The number of hydrogen-bond acceptors (Lipinski definition) is 4. The van der Waals surface area contributed by atoms with Crippen LogP contribution in [-0.2, 0) is 0 Å². The van der Waals surface area contributed by atoms with Crippen LogP contribution in [0.25, 0.3) is 0 Å². The third-order valence-corrected chi connectivity index (χ3v) is 3.57. The van der Waals surface area contributed by atoms with Gasteiger partial charge in [0.05, 0.1) is 10.6 Å². The fourth-order valence-electron chi connectivity index (χ4n) is 1.64. The van der Waals surface area contributed by atoms with Crippen molar-refractivity contribution in [3.63, 3.8) is 0 Å². The maximum absolute atomic E-state index is 12.0. The molecule has 0 atom stereocenters. The maximum atomic E-state index is 12.0. The van der Waals surface area contributed by atoms with Gasteiger partial charge in [-0.15, -0.1) is 0 Å². The number of hydrogen-bond donors (Lipinski definition) is 2. The summed E-state index contributed by atoms with van der Waals surface area (Å²) in [5, 5.41) is 6.46. The van der Waals surface area contributed by atoms with Crippen LogP contribution in [0.1, 0.15) is 37.6 Å². The molecule has 0 saturated heterocycles. The van der Waals surface area contributed by atoms with Crippen molar-refractivity contribution in [3.05, 3.63) is 22.8 Å². The second kappa shape index (κ2) is 8.85. The van der Waals surface area contributed by atoms with Crippen molar-refractivity contribution in [2.75, 3.05) is 32.0 Å². The fourth-order valence-corrected chi connectivity index (χ4v) is 1.87. The van der Waals surface area contributed by atoms with Crippen LogP contribution in [0.2, 0.25) is 5.02 Å². The second-order valence-corrected chi connectivity index (χ2v) is 5.72. The summed E-state index contributed by atoms with van der Waals surface area (Å²) in [6.45, 7) is 8.51. The molecule has 1 aromatic heterocycles. The standard InChI is InChI=1S/C15H25ClN4O/c1-5-6-17-14-13(16)9-12(10-19-14)15(21)18-7-8-20(4)11(2)3/h9-11H,5-8H2,1-4H3,(H,17,19)(H,18,21). The number of likely N-dealkylation sites (N-methyl/N-ethyl adjacent to an activating group) is 1. The lowest BCUT2D eigenvalue weighted by molar-refractivity contribution is 0.0947. The van der Waals surface area contributed by atoms with Gasteiger partial charge in [-0.2, -0.15) is 0 Å². The van der Waals surface area contributed by atoms with Crippen LogP contribution < -0.4 is 10.6 Å². The highest BCUT2D eigenvalue weighted by atomic mass is 35.5. The van der Waals surface area contributed by atoms with Crippen LogP contribution in [0.5, 0.6) is 0 Å². The number of nitrogens with one attached hydrogen (secondary N) is 2. The zero-order valence-corrected chi connectivity index (χ0v) is 14.0. The van der Waals surface area contributed by atoms with E-state index in [2.05, 4.69) is 41.3 Å². The molecule has 21 heavy (non-hydrogen) atoms. The highest BCUT2D eigenvalue weighted by Crippen LogP contribution is 2.19. The quantitative estimate of drug-likeness (QED) is 0.775. The third kappa shape index (κ3) is 5.89. The minimum atomic E-state index is -0.149. The Morgan fingerprint density at radius 3 is 2.71 bits per heavy atom. The number of carbonyl (C=O) groups is 1. The Kier molecular flexibility index (Phi) is 7.47. The fraction of sp³-hybridized carbons (Fsp3) is 0.600. The predicted molar refractivity (Wildman–Crippen MR) is 88.1 cm³/mol. The summed E-state index contributed by atoms with van der Waals surface area (Å²) in [5.74, 6) is 0.471. The smallest absolute Gasteiger partial charge is 0.252 e. The number of pyridine rings is 1. The van der Waals surface area contributed by atoms with E-state index in [1.165, 1.54) is 0 Å². The van der Waals surface area contributed by atoms with E-state index in [1.54, 1.807) is 12.3 Å². The molecular weight excluding hydrogens is 288 g/mol. The molecule has 6 heteroatoms. The van der Waals surface area contributed by atoms with Crippen LogP contribution >= 0.6 is 11.6 Å². The summed E-state index contributed by atoms with van der Waals surface area (Å²) in [7, 11) is 2.03. The first-order chi connectivity index (χ1) is 9.95. The molecule has 0 aliphatic carbocycles. The van der Waals surface area contributed by atoms with Crippen molar-refractivity contribution in [3.8, 4) is 0 Å². The first kappa shape index (κ1) is 17.7. The van der Waals surface area contributed by atoms with E-state index in [4.69, 9.17) is 11.6 Å². The lowest BCUT2D eigenvalue weighted by Gasteiger charge is -2.20. The van der Waals surface area contributed by atoms with Crippen LogP contribution in [-0.4, -0.2) is 48.5 Å². The molecule has 2 N–H and O–H groups in total. The molecule has 0 fully saturated rings. The SMILES string of the molecule is CCCNc1ncc(C(=O)NCCN(C)C(C)C)cc1Cl. The highest BCUT2D eigenvalue weighted by molar-refractivity contribution is 6.33. The Balaban J connectivity index is 2.53. The van der Waals surface area contributed by atoms with Crippen LogP contribution in [0.4, 0.5) is 5.82 Å². The number of nitrogens with zero attached hydrogens (tertiary/aromatic N) is 2. The van der Waals surface area contributed by atoms with E-state index in [0.717, 1.165) is 19.5 Å². The van der Waals surface area contributed by atoms with Crippen molar-refractivity contribution < 1.29 is 4.79 Å². The molecule has 0 aliphatic rings. The number of carbonyl (C=O) groups excluding carboxylic acids is 1. The largest absolute Gasteiger partial charge is 0.369 e. The Morgan fingerprint density at radius 1 is 1.43 bits per heavy atom. The van der Waals surface area contributed by atoms with Crippen molar-refractivity contribution in [2.24, 2.45) is 0 Å². The van der Waals surface area contributed by atoms with Crippen LogP contribution in [0.15, 0.2) is 12.3 Å². The third-order valence-electron chi connectivity index (χ3n) is 3.28. The van der Waals surface area contributed by atoms with Gasteiger partial charge in [0.25, 0.3) is 5.91 Å². The number of anilines is 1. The van der Waals surface area contributed by atoms with Gasteiger partial charge in [0.15, 0.2) is 0 Å². The topological polar surface area (TPSA) is 57.3 Å². The van der Waals surface area contributed by atoms with Gasteiger partial charge in [0.2, 0.25) is 0 Å². The van der Waals surface area contributed by atoms with Gasteiger partial charge in [0, 0.05) is 31.9 Å². The van der Waals surface area contributed by atoms with E-state index in [1.807, 2.05) is 7.05 Å². The van der Waals surface area contributed by atoms with Crippen LogP contribution in [0, 0.1) is 0 Å². The minimum Gasteiger partial charge on any atom is -0.369 e. The minimum absolute atomic E-state index is 0.149. The molecule has 5 nitrogen and oxygen atoms in total. The summed E-state index contributed by atoms with van der Waals surface area (Å²) in [6.07, 6.45) is 2.54. The second-order valence-electron chi connectivity index (χ2n) is 5.31. The molecule has 118 valence electrons. The summed E-state index contributed by atoms with van der Waals surface area (Å²) in [5.41, 5.74) is 0.481. The monoisotopic (exact) mass is 312 g/mol. The number of amides is 1. The lowest BCUT2D eigenvalue weighted by atomic mass is 10.2. The summed E-state index contributed by atoms with van der Waals surface area (Å²) in [4.78, 5) is 18.4. The average Bonchev–Trinajstić information content (AvgIpc) is 2.45. The van der Waals surface area contributed by atoms with Crippen molar-refractivity contribution in [1.82, 2.24) is 15.2 Å². The predicted octanol–water partition coefficient (Wildman–Crippen LogP) is 2.63. The Morgan fingerprint density at radius 2 is 2.14 bits per heavy atom.